The van der Waals surface area contributed by atoms with Gasteiger partial charge in [0.2, 0.25) is 0 Å². The minimum atomic E-state index is 0.0149. The number of hydrogen-bond donors (Lipinski definition) is 1. The fourth-order valence-electron chi connectivity index (χ4n) is 3.30. The Balaban J connectivity index is 1.67. The van der Waals surface area contributed by atoms with Crippen LogP contribution in [0.1, 0.15) is 46.3 Å². The standard InChI is InChI=1S/C20H21N3OS/c1-12(2)16-8-7-15-17(21)18(25-19(15)22-16)20(24)23-10-9-13-5-3-4-6-14(13)11-23/h3-8,12H,9-11,21H2,1-2H3. The molecular weight excluding hydrogens is 330 g/mol. The third kappa shape index (κ3) is 2.78. The second-order valence-corrected chi connectivity index (χ2v) is 7.83. The van der Waals surface area contributed by atoms with Crippen molar-refractivity contribution in [1.82, 2.24) is 9.88 Å². The van der Waals surface area contributed by atoms with Crippen molar-refractivity contribution < 1.29 is 4.79 Å². The van der Waals surface area contributed by atoms with E-state index in [-0.39, 0.29) is 5.91 Å². The molecule has 0 saturated carbocycles. The lowest BCUT2D eigenvalue weighted by Crippen LogP contribution is -2.35. The molecule has 5 heteroatoms. The van der Waals surface area contributed by atoms with E-state index in [1.54, 1.807) is 0 Å². The van der Waals surface area contributed by atoms with E-state index in [9.17, 15) is 4.79 Å². The highest BCUT2D eigenvalue weighted by atomic mass is 32.1. The highest BCUT2D eigenvalue weighted by Gasteiger charge is 2.26. The molecule has 4 nitrogen and oxygen atoms in total. The SMILES string of the molecule is CC(C)c1ccc2c(N)c(C(=O)N3CCc4ccccc4C3)sc2n1. The number of nitrogen functional groups attached to an aromatic ring is 1. The number of fused-ring (bicyclic) bond motifs is 2. The Labute approximate surface area is 151 Å². The number of anilines is 1. The summed E-state index contributed by atoms with van der Waals surface area (Å²) in [5.74, 6) is 0.367. The van der Waals surface area contributed by atoms with Crippen molar-refractivity contribution in [3.8, 4) is 0 Å². The number of amides is 1. The Morgan fingerprint density at radius 3 is 2.72 bits per heavy atom. The zero-order valence-electron chi connectivity index (χ0n) is 14.5. The normalized spacial score (nSPS) is 14.1. The van der Waals surface area contributed by atoms with Gasteiger partial charge in [-0.25, -0.2) is 4.98 Å². The van der Waals surface area contributed by atoms with E-state index in [1.165, 1.54) is 22.5 Å². The predicted molar refractivity (Wildman–Crippen MR) is 103 cm³/mol. The number of nitrogens with zero attached hydrogens (tertiary/aromatic N) is 2. The van der Waals surface area contributed by atoms with Gasteiger partial charge < -0.3 is 10.6 Å². The van der Waals surface area contributed by atoms with E-state index >= 15 is 0 Å². The first kappa shape index (κ1) is 16.1. The summed E-state index contributed by atoms with van der Waals surface area (Å²) in [6.07, 6.45) is 0.891. The van der Waals surface area contributed by atoms with Gasteiger partial charge in [-0.3, -0.25) is 4.79 Å². The number of hydrogen-bond acceptors (Lipinski definition) is 4. The van der Waals surface area contributed by atoms with Gasteiger partial charge in [0, 0.05) is 24.2 Å². The van der Waals surface area contributed by atoms with E-state index in [4.69, 9.17) is 5.73 Å². The fourth-order valence-corrected chi connectivity index (χ4v) is 4.37. The lowest BCUT2D eigenvalue weighted by molar-refractivity contribution is 0.0740. The topological polar surface area (TPSA) is 59.2 Å². The van der Waals surface area contributed by atoms with E-state index in [1.807, 2.05) is 23.1 Å². The zero-order chi connectivity index (χ0) is 17.6. The number of pyridine rings is 1. The maximum Gasteiger partial charge on any atom is 0.266 e. The van der Waals surface area contributed by atoms with Gasteiger partial charge in [-0.1, -0.05) is 38.1 Å². The molecule has 1 aliphatic rings. The Morgan fingerprint density at radius 2 is 1.96 bits per heavy atom. The van der Waals surface area contributed by atoms with Crippen LogP contribution < -0.4 is 5.73 Å². The van der Waals surface area contributed by atoms with E-state index in [2.05, 4.69) is 37.0 Å². The van der Waals surface area contributed by atoms with Crippen molar-refractivity contribution in [3.05, 3.63) is 58.1 Å². The van der Waals surface area contributed by atoms with E-state index < -0.39 is 0 Å². The first-order chi connectivity index (χ1) is 12.0. The number of rotatable bonds is 2. The smallest absolute Gasteiger partial charge is 0.266 e. The maximum atomic E-state index is 13.0. The van der Waals surface area contributed by atoms with Crippen LogP contribution >= 0.6 is 11.3 Å². The summed E-state index contributed by atoms with van der Waals surface area (Å²) >= 11 is 1.41. The average Bonchev–Trinajstić information content (AvgIpc) is 2.96. The quantitative estimate of drug-likeness (QED) is 0.753. The first-order valence-corrected chi connectivity index (χ1v) is 9.41. The molecule has 0 aliphatic carbocycles. The monoisotopic (exact) mass is 351 g/mol. The Bertz CT molecular complexity index is 961. The van der Waals surface area contributed by atoms with Crippen molar-refractivity contribution in [2.45, 2.75) is 32.7 Å². The molecule has 0 atom stereocenters. The zero-order valence-corrected chi connectivity index (χ0v) is 15.3. The molecule has 0 saturated heterocycles. The second kappa shape index (κ2) is 6.15. The molecule has 2 aromatic heterocycles. The summed E-state index contributed by atoms with van der Waals surface area (Å²) < 4.78 is 0. The lowest BCUT2D eigenvalue weighted by Gasteiger charge is -2.28. The van der Waals surface area contributed by atoms with Crippen LogP contribution in [0, 0.1) is 0 Å². The van der Waals surface area contributed by atoms with Crippen LogP contribution in [0.2, 0.25) is 0 Å². The number of nitrogens with two attached hydrogens (primary N) is 1. The Hall–Kier alpha value is -2.40. The summed E-state index contributed by atoms with van der Waals surface area (Å²) in [6, 6.07) is 12.3. The molecule has 0 bridgehead atoms. The average molecular weight is 351 g/mol. The molecule has 1 amide bonds. The summed E-state index contributed by atoms with van der Waals surface area (Å²) in [5.41, 5.74) is 10.4. The molecule has 0 spiro atoms. The van der Waals surface area contributed by atoms with Crippen LogP contribution in [-0.2, 0) is 13.0 Å². The molecule has 1 aliphatic heterocycles. The molecule has 2 N–H and O–H groups in total. The highest BCUT2D eigenvalue weighted by molar-refractivity contribution is 7.21. The minimum absolute atomic E-state index is 0.0149. The second-order valence-electron chi connectivity index (χ2n) is 6.83. The largest absolute Gasteiger partial charge is 0.397 e. The number of thiophene rings is 1. The van der Waals surface area contributed by atoms with Crippen LogP contribution in [0.25, 0.3) is 10.2 Å². The molecule has 0 radical (unpaired) electrons. The molecule has 25 heavy (non-hydrogen) atoms. The van der Waals surface area contributed by atoms with Crippen LogP contribution in [0.15, 0.2) is 36.4 Å². The van der Waals surface area contributed by atoms with E-state index in [0.717, 1.165) is 28.9 Å². The summed E-state index contributed by atoms with van der Waals surface area (Å²) in [6.45, 7) is 5.60. The summed E-state index contributed by atoms with van der Waals surface area (Å²) in [5, 5.41) is 0.884. The Kier molecular flexibility index (Phi) is 3.96. The van der Waals surface area contributed by atoms with Crippen LogP contribution in [-0.4, -0.2) is 22.3 Å². The highest BCUT2D eigenvalue weighted by Crippen LogP contribution is 2.35. The molecule has 4 rings (SSSR count). The Morgan fingerprint density at radius 1 is 1.20 bits per heavy atom. The van der Waals surface area contributed by atoms with Gasteiger partial charge in [-0.2, -0.15) is 0 Å². The van der Waals surface area contributed by atoms with Gasteiger partial charge in [-0.15, -0.1) is 11.3 Å². The van der Waals surface area contributed by atoms with Crippen molar-refractivity contribution in [3.63, 3.8) is 0 Å². The molecular formula is C20H21N3OS. The molecule has 3 aromatic rings. The van der Waals surface area contributed by atoms with Crippen molar-refractivity contribution in [1.29, 1.82) is 0 Å². The summed E-state index contributed by atoms with van der Waals surface area (Å²) in [4.78, 5) is 21.1. The van der Waals surface area contributed by atoms with E-state index in [0.29, 0.717) is 23.0 Å². The molecule has 0 unspecified atom stereocenters. The van der Waals surface area contributed by atoms with Gasteiger partial charge in [0.05, 0.1) is 5.69 Å². The first-order valence-electron chi connectivity index (χ1n) is 8.59. The van der Waals surface area contributed by atoms with Crippen molar-refractivity contribution in [2.24, 2.45) is 0 Å². The van der Waals surface area contributed by atoms with Gasteiger partial charge >= 0.3 is 0 Å². The number of carbonyl (C=O) groups excluding carboxylic acids is 1. The third-order valence-electron chi connectivity index (χ3n) is 4.82. The molecule has 0 fully saturated rings. The fraction of sp³-hybridized carbons (Fsp3) is 0.300. The third-order valence-corrected chi connectivity index (χ3v) is 5.92. The maximum absolute atomic E-state index is 13.0. The summed E-state index contributed by atoms with van der Waals surface area (Å²) in [7, 11) is 0. The number of aromatic nitrogens is 1. The van der Waals surface area contributed by atoms with Gasteiger partial charge in [-0.05, 0) is 35.6 Å². The van der Waals surface area contributed by atoms with Gasteiger partial charge in [0.1, 0.15) is 9.71 Å². The van der Waals surface area contributed by atoms with Crippen LogP contribution in [0.4, 0.5) is 5.69 Å². The lowest BCUT2D eigenvalue weighted by atomic mass is 10.00. The predicted octanol–water partition coefficient (Wildman–Crippen LogP) is 4.20. The number of benzene rings is 1. The van der Waals surface area contributed by atoms with Crippen LogP contribution in [0.3, 0.4) is 0 Å². The van der Waals surface area contributed by atoms with Crippen LogP contribution in [0.5, 0.6) is 0 Å². The van der Waals surface area contributed by atoms with Gasteiger partial charge in [0.25, 0.3) is 5.91 Å². The van der Waals surface area contributed by atoms with Gasteiger partial charge in [0.15, 0.2) is 0 Å². The molecule has 128 valence electrons. The minimum Gasteiger partial charge on any atom is -0.397 e. The van der Waals surface area contributed by atoms with Crippen molar-refractivity contribution in [2.75, 3.05) is 12.3 Å². The van der Waals surface area contributed by atoms with Crippen molar-refractivity contribution >= 4 is 33.1 Å². The number of carbonyl (C=O) groups is 1. The molecule has 1 aromatic carbocycles. The molecule has 3 heterocycles.